The van der Waals surface area contributed by atoms with Crippen molar-refractivity contribution in [1.82, 2.24) is 0 Å². The number of hydrogen-bond donors (Lipinski definition) is 1. The van der Waals surface area contributed by atoms with E-state index in [1.807, 2.05) is 0 Å². The van der Waals surface area contributed by atoms with Crippen LogP contribution in [0.1, 0.15) is 32.8 Å². The highest BCUT2D eigenvalue weighted by molar-refractivity contribution is 5.49. The van der Waals surface area contributed by atoms with E-state index in [9.17, 15) is 0 Å². The first kappa shape index (κ1) is 11.5. The van der Waals surface area contributed by atoms with Crippen LogP contribution < -0.4 is 10.6 Å². The number of rotatable bonds is 1. The summed E-state index contributed by atoms with van der Waals surface area (Å²) >= 11 is 0. The van der Waals surface area contributed by atoms with Crippen molar-refractivity contribution in [2.24, 2.45) is 5.73 Å². The lowest BCUT2D eigenvalue weighted by Gasteiger charge is -2.22. The van der Waals surface area contributed by atoms with E-state index in [4.69, 9.17) is 5.73 Å². The molecule has 1 heterocycles. The zero-order valence-electron chi connectivity index (χ0n) is 10.5. The average molecular weight is 218 g/mol. The van der Waals surface area contributed by atoms with Crippen molar-refractivity contribution in [2.45, 2.75) is 38.6 Å². The maximum Gasteiger partial charge on any atom is 0.0366 e. The Bertz CT molecular complexity index is 348. The smallest absolute Gasteiger partial charge is 0.0366 e. The van der Waals surface area contributed by atoms with Crippen molar-refractivity contribution in [3.05, 3.63) is 29.8 Å². The van der Waals surface area contributed by atoms with Crippen molar-refractivity contribution in [3.8, 4) is 0 Å². The second-order valence-electron chi connectivity index (χ2n) is 5.79. The Hall–Kier alpha value is -1.02. The van der Waals surface area contributed by atoms with E-state index in [0.29, 0.717) is 6.04 Å². The number of nitrogens with zero attached hydrogens (tertiary/aromatic N) is 1. The average Bonchev–Trinajstić information content (AvgIpc) is 2.64. The SMILES string of the molecule is CC(C)(C)c1ccc(N2CCC(N)C2)cc1. The van der Waals surface area contributed by atoms with Crippen LogP contribution in [0.2, 0.25) is 0 Å². The van der Waals surface area contributed by atoms with E-state index >= 15 is 0 Å². The molecular formula is C14H22N2. The largest absolute Gasteiger partial charge is 0.370 e. The number of nitrogens with two attached hydrogens (primary N) is 1. The van der Waals surface area contributed by atoms with Gasteiger partial charge in [0.15, 0.2) is 0 Å². The highest BCUT2D eigenvalue weighted by atomic mass is 15.2. The zero-order chi connectivity index (χ0) is 11.8. The minimum absolute atomic E-state index is 0.236. The van der Waals surface area contributed by atoms with Gasteiger partial charge in [0.1, 0.15) is 0 Å². The Kier molecular flexibility index (Phi) is 2.94. The molecule has 1 saturated heterocycles. The van der Waals surface area contributed by atoms with Gasteiger partial charge in [0.25, 0.3) is 0 Å². The molecule has 1 aliphatic rings. The molecule has 2 heteroatoms. The summed E-state index contributed by atoms with van der Waals surface area (Å²) in [4.78, 5) is 2.37. The van der Waals surface area contributed by atoms with Crippen LogP contribution in [0.5, 0.6) is 0 Å². The van der Waals surface area contributed by atoms with E-state index in [2.05, 4.69) is 49.9 Å². The van der Waals surface area contributed by atoms with E-state index < -0.39 is 0 Å². The molecule has 1 aromatic carbocycles. The van der Waals surface area contributed by atoms with Gasteiger partial charge in [0.2, 0.25) is 0 Å². The first-order valence-corrected chi connectivity index (χ1v) is 6.08. The van der Waals surface area contributed by atoms with Crippen LogP contribution in [-0.2, 0) is 5.41 Å². The molecule has 2 rings (SSSR count). The van der Waals surface area contributed by atoms with Crippen LogP contribution >= 0.6 is 0 Å². The topological polar surface area (TPSA) is 29.3 Å². The third-order valence-electron chi connectivity index (χ3n) is 3.32. The van der Waals surface area contributed by atoms with Gasteiger partial charge in [-0.05, 0) is 29.5 Å². The van der Waals surface area contributed by atoms with Crippen LogP contribution in [0, 0.1) is 0 Å². The second-order valence-corrected chi connectivity index (χ2v) is 5.79. The van der Waals surface area contributed by atoms with E-state index in [1.165, 1.54) is 11.3 Å². The molecule has 16 heavy (non-hydrogen) atoms. The molecule has 0 bridgehead atoms. The molecule has 2 nitrogen and oxygen atoms in total. The number of anilines is 1. The van der Waals surface area contributed by atoms with Crippen molar-refractivity contribution in [2.75, 3.05) is 18.0 Å². The van der Waals surface area contributed by atoms with Gasteiger partial charge in [0.05, 0.1) is 0 Å². The zero-order valence-corrected chi connectivity index (χ0v) is 10.5. The van der Waals surface area contributed by atoms with Gasteiger partial charge in [-0.1, -0.05) is 32.9 Å². The third kappa shape index (κ3) is 2.38. The molecule has 0 saturated carbocycles. The number of benzene rings is 1. The van der Waals surface area contributed by atoms with Crippen molar-refractivity contribution >= 4 is 5.69 Å². The lowest BCUT2D eigenvalue weighted by Crippen LogP contribution is -2.26. The van der Waals surface area contributed by atoms with Gasteiger partial charge in [0, 0.05) is 24.8 Å². The normalized spacial score (nSPS) is 21.5. The van der Waals surface area contributed by atoms with Crippen LogP contribution in [0.15, 0.2) is 24.3 Å². The third-order valence-corrected chi connectivity index (χ3v) is 3.32. The summed E-state index contributed by atoms with van der Waals surface area (Å²) < 4.78 is 0. The molecule has 88 valence electrons. The van der Waals surface area contributed by atoms with Crippen molar-refractivity contribution in [1.29, 1.82) is 0 Å². The highest BCUT2D eigenvalue weighted by Crippen LogP contribution is 2.26. The van der Waals surface area contributed by atoms with Crippen molar-refractivity contribution < 1.29 is 0 Å². The van der Waals surface area contributed by atoms with Gasteiger partial charge in [-0.3, -0.25) is 0 Å². The summed E-state index contributed by atoms with van der Waals surface area (Å²) in [6.45, 7) is 8.82. The Balaban J connectivity index is 2.14. The Morgan fingerprint density at radius 2 is 1.81 bits per heavy atom. The molecule has 1 atom stereocenters. The fourth-order valence-electron chi connectivity index (χ4n) is 2.19. The quantitative estimate of drug-likeness (QED) is 0.785. The first-order valence-electron chi connectivity index (χ1n) is 6.08. The van der Waals surface area contributed by atoms with Crippen molar-refractivity contribution in [3.63, 3.8) is 0 Å². The maximum atomic E-state index is 5.92. The minimum atomic E-state index is 0.236. The van der Waals surface area contributed by atoms with Crippen LogP contribution in [0.25, 0.3) is 0 Å². The number of hydrogen-bond acceptors (Lipinski definition) is 2. The molecule has 1 aromatic rings. The summed E-state index contributed by atoms with van der Waals surface area (Å²) in [7, 11) is 0. The summed E-state index contributed by atoms with van der Waals surface area (Å²) in [5, 5.41) is 0. The highest BCUT2D eigenvalue weighted by Gasteiger charge is 2.20. The molecule has 1 unspecified atom stereocenters. The first-order chi connectivity index (χ1) is 7.47. The Labute approximate surface area is 98.4 Å². The Morgan fingerprint density at radius 1 is 1.19 bits per heavy atom. The summed E-state index contributed by atoms with van der Waals surface area (Å²) in [6.07, 6.45) is 1.11. The maximum absolute atomic E-state index is 5.92. The molecule has 0 aromatic heterocycles. The molecule has 0 aliphatic carbocycles. The fraction of sp³-hybridized carbons (Fsp3) is 0.571. The van der Waals surface area contributed by atoms with Gasteiger partial charge < -0.3 is 10.6 Å². The standard InChI is InChI=1S/C14H22N2/c1-14(2,3)11-4-6-13(7-5-11)16-9-8-12(15)10-16/h4-7,12H,8-10,15H2,1-3H3. The molecule has 0 radical (unpaired) electrons. The van der Waals surface area contributed by atoms with E-state index in [1.54, 1.807) is 0 Å². The van der Waals surface area contributed by atoms with E-state index in [0.717, 1.165) is 19.5 Å². The van der Waals surface area contributed by atoms with E-state index in [-0.39, 0.29) is 5.41 Å². The van der Waals surface area contributed by atoms with Crippen LogP contribution in [-0.4, -0.2) is 19.1 Å². The summed E-state index contributed by atoms with van der Waals surface area (Å²) in [5.74, 6) is 0. The molecular weight excluding hydrogens is 196 g/mol. The van der Waals surface area contributed by atoms with Crippen LogP contribution in [0.4, 0.5) is 5.69 Å². The van der Waals surface area contributed by atoms with Gasteiger partial charge in [-0.15, -0.1) is 0 Å². The monoisotopic (exact) mass is 218 g/mol. The summed E-state index contributed by atoms with van der Waals surface area (Å²) in [5.41, 5.74) is 8.85. The minimum Gasteiger partial charge on any atom is -0.370 e. The lowest BCUT2D eigenvalue weighted by atomic mass is 9.87. The van der Waals surface area contributed by atoms with Gasteiger partial charge in [-0.25, -0.2) is 0 Å². The molecule has 1 fully saturated rings. The fourth-order valence-corrected chi connectivity index (χ4v) is 2.19. The predicted molar refractivity (Wildman–Crippen MR) is 69.9 cm³/mol. The molecule has 0 spiro atoms. The molecule has 1 aliphatic heterocycles. The summed E-state index contributed by atoms with van der Waals surface area (Å²) in [6, 6.07) is 9.26. The second kappa shape index (κ2) is 4.10. The van der Waals surface area contributed by atoms with Gasteiger partial charge >= 0.3 is 0 Å². The Morgan fingerprint density at radius 3 is 2.25 bits per heavy atom. The van der Waals surface area contributed by atoms with Crippen LogP contribution in [0.3, 0.4) is 0 Å². The predicted octanol–water partition coefficient (Wildman–Crippen LogP) is 2.52. The molecule has 2 N–H and O–H groups in total. The lowest BCUT2D eigenvalue weighted by molar-refractivity contribution is 0.590. The molecule has 0 amide bonds. The van der Waals surface area contributed by atoms with Gasteiger partial charge in [-0.2, -0.15) is 0 Å².